The minimum atomic E-state index is -4.51. The molecule has 0 unspecified atom stereocenters. The zero-order valence-electron chi connectivity index (χ0n) is 8.67. The van der Waals surface area contributed by atoms with Gasteiger partial charge in [0.2, 0.25) is 0 Å². The van der Waals surface area contributed by atoms with E-state index in [1.807, 2.05) is 0 Å². The van der Waals surface area contributed by atoms with E-state index in [1.54, 1.807) is 0 Å². The average Bonchev–Trinajstić information content (AvgIpc) is 2.28. The summed E-state index contributed by atoms with van der Waals surface area (Å²) in [5, 5.41) is -0.0803. The topological polar surface area (TPSA) is 25.8 Å². The fourth-order valence-corrected chi connectivity index (χ4v) is 1.49. The van der Waals surface area contributed by atoms with E-state index in [4.69, 9.17) is 11.6 Å². The van der Waals surface area contributed by atoms with E-state index in [0.29, 0.717) is 0 Å². The molecule has 0 aliphatic carbocycles. The molecule has 0 bridgehead atoms. The van der Waals surface area contributed by atoms with Gasteiger partial charge in [0, 0.05) is 18.5 Å². The first kappa shape index (κ1) is 12.8. The molecule has 0 aliphatic rings. The third-order valence-corrected chi connectivity index (χ3v) is 2.39. The Kier molecular flexibility index (Phi) is 3.21. The fraction of sp³-hybridized carbons (Fsp3) is 0.0909. The molecule has 0 aliphatic heterocycles. The van der Waals surface area contributed by atoms with Crippen LogP contribution in [-0.2, 0) is 6.18 Å². The van der Waals surface area contributed by atoms with Crippen molar-refractivity contribution in [2.75, 3.05) is 0 Å². The molecule has 2 heterocycles. The third-order valence-electron chi connectivity index (χ3n) is 2.18. The van der Waals surface area contributed by atoms with Gasteiger partial charge < -0.3 is 0 Å². The second kappa shape index (κ2) is 4.53. The summed E-state index contributed by atoms with van der Waals surface area (Å²) in [6.07, 6.45) is -2.50. The van der Waals surface area contributed by atoms with Crippen LogP contribution in [0.4, 0.5) is 17.6 Å². The van der Waals surface area contributed by atoms with E-state index in [9.17, 15) is 17.6 Å². The van der Waals surface area contributed by atoms with Crippen LogP contribution in [0.1, 0.15) is 5.56 Å². The Bertz CT molecular complexity index is 583. The Morgan fingerprint density at radius 2 is 1.83 bits per heavy atom. The molecule has 0 saturated heterocycles. The number of alkyl halides is 3. The lowest BCUT2D eigenvalue weighted by Crippen LogP contribution is -2.05. The highest BCUT2D eigenvalue weighted by Crippen LogP contribution is 2.31. The molecule has 0 N–H and O–H groups in total. The monoisotopic (exact) mass is 276 g/mol. The fourth-order valence-electron chi connectivity index (χ4n) is 1.35. The van der Waals surface area contributed by atoms with Gasteiger partial charge >= 0.3 is 6.18 Å². The highest BCUT2D eigenvalue weighted by Gasteiger charge is 2.31. The van der Waals surface area contributed by atoms with Gasteiger partial charge in [-0.25, -0.2) is 9.37 Å². The van der Waals surface area contributed by atoms with Gasteiger partial charge in [-0.3, -0.25) is 4.98 Å². The standard InChI is InChI=1S/C11H5ClF4N2/c12-10-4-8(13)7(5-18-10)9-3-6(1-2-17-9)11(14,15)16/h1-5H. The molecule has 0 radical (unpaired) electrons. The maximum absolute atomic E-state index is 13.5. The van der Waals surface area contributed by atoms with Gasteiger partial charge in [0.15, 0.2) is 0 Å². The number of nitrogens with zero attached hydrogens (tertiary/aromatic N) is 2. The van der Waals surface area contributed by atoms with Crippen molar-refractivity contribution in [2.45, 2.75) is 6.18 Å². The molecule has 2 aromatic heterocycles. The summed E-state index contributed by atoms with van der Waals surface area (Å²) in [5.41, 5.74) is -1.18. The van der Waals surface area contributed by atoms with Crippen LogP contribution >= 0.6 is 11.6 Å². The third kappa shape index (κ3) is 2.59. The number of rotatable bonds is 1. The second-order valence-corrected chi connectivity index (χ2v) is 3.80. The second-order valence-electron chi connectivity index (χ2n) is 3.41. The van der Waals surface area contributed by atoms with Gasteiger partial charge in [-0.05, 0) is 12.1 Å². The number of halogens is 5. The Balaban J connectivity index is 2.51. The lowest BCUT2D eigenvalue weighted by molar-refractivity contribution is -0.137. The predicted molar refractivity (Wildman–Crippen MR) is 57.4 cm³/mol. The Labute approximate surface area is 104 Å². The summed E-state index contributed by atoms with van der Waals surface area (Å²) < 4.78 is 51.0. The summed E-state index contributed by atoms with van der Waals surface area (Å²) in [4.78, 5) is 7.30. The van der Waals surface area contributed by atoms with Crippen LogP contribution < -0.4 is 0 Å². The van der Waals surface area contributed by atoms with Crippen LogP contribution in [0, 0.1) is 5.82 Å². The average molecular weight is 277 g/mol. The molecular weight excluding hydrogens is 272 g/mol. The quantitative estimate of drug-likeness (QED) is 0.582. The molecule has 0 atom stereocenters. The maximum atomic E-state index is 13.5. The summed E-state index contributed by atoms with van der Waals surface area (Å²) in [7, 11) is 0. The number of pyridine rings is 2. The number of aromatic nitrogens is 2. The van der Waals surface area contributed by atoms with Crippen molar-refractivity contribution in [2.24, 2.45) is 0 Å². The summed E-state index contributed by atoms with van der Waals surface area (Å²) in [6.45, 7) is 0. The molecule has 18 heavy (non-hydrogen) atoms. The summed E-state index contributed by atoms with van der Waals surface area (Å²) in [6, 6.07) is 2.48. The molecule has 2 nitrogen and oxygen atoms in total. The van der Waals surface area contributed by atoms with Crippen LogP contribution in [-0.4, -0.2) is 9.97 Å². The van der Waals surface area contributed by atoms with E-state index in [-0.39, 0.29) is 16.4 Å². The molecule has 0 aromatic carbocycles. The molecule has 0 amide bonds. The number of hydrogen-bond donors (Lipinski definition) is 0. The number of hydrogen-bond acceptors (Lipinski definition) is 2. The van der Waals surface area contributed by atoms with Crippen LogP contribution in [0.3, 0.4) is 0 Å². The SMILES string of the molecule is Fc1cc(Cl)ncc1-c1cc(C(F)(F)F)ccn1. The molecule has 0 saturated carbocycles. The van der Waals surface area contributed by atoms with Crippen molar-refractivity contribution in [1.29, 1.82) is 0 Å². The van der Waals surface area contributed by atoms with E-state index < -0.39 is 17.6 Å². The van der Waals surface area contributed by atoms with Gasteiger partial charge in [-0.1, -0.05) is 11.6 Å². The zero-order valence-corrected chi connectivity index (χ0v) is 9.43. The van der Waals surface area contributed by atoms with Crippen LogP contribution in [0.25, 0.3) is 11.3 Å². The predicted octanol–water partition coefficient (Wildman–Crippen LogP) is 3.95. The van der Waals surface area contributed by atoms with Gasteiger partial charge in [-0.15, -0.1) is 0 Å². The maximum Gasteiger partial charge on any atom is 0.416 e. The minimum Gasteiger partial charge on any atom is -0.256 e. The Hall–Kier alpha value is -1.69. The van der Waals surface area contributed by atoms with Crippen molar-refractivity contribution in [1.82, 2.24) is 9.97 Å². The van der Waals surface area contributed by atoms with Crippen molar-refractivity contribution in [3.8, 4) is 11.3 Å². The largest absolute Gasteiger partial charge is 0.416 e. The first-order valence-corrected chi connectivity index (χ1v) is 5.10. The van der Waals surface area contributed by atoms with Crippen molar-refractivity contribution < 1.29 is 17.6 Å². The lowest BCUT2D eigenvalue weighted by atomic mass is 10.1. The van der Waals surface area contributed by atoms with E-state index in [0.717, 1.165) is 30.6 Å². The van der Waals surface area contributed by atoms with Crippen LogP contribution in [0.2, 0.25) is 5.15 Å². The van der Waals surface area contributed by atoms with E-state index in [2.05, 4.69) is 9.97 Å². The Morgan fingerprint density at radius 1 is 1.11 bits per heavy atom. The van der Waals surface area contributed by atoms with Crippen molar-refractivity contribution >= 4 is 11.6 Å². The van der Waals surface area contributed by atoms with Gasteiger partial charge in [0.05, 0.1) is 16.8 Å². The molecule has 0 spiro atoms. The summed E-state index contributed by atoms with van der Waals surface area (Å²) in [5.74, 6) is -0.776. The van der Waals surface area contributed by atoms with Crippen LogP contribution in [0.5, 0.6) is 0 Å². The van der Waals surface area contributed by atoms with Crippen molar-refractivity contribution in [3.05, 3.63) is 47.1 Å². The molecule has 0 fully saturated rings. The van der Waals surface area contributed by atoms with Crippen molar-refractivity contribution in [3.63, 3.8) is 0 Å². The molecule has 7 heteroatoms. The van der Waals surface area contributed by atoms with E-state index >= 15 is 0 Å². The summed E-state index contributed by atoms with van der Waals surface area (Å²) >= 11 is 5.46. The molecule has 2 rings (SSSR count). The van der Waals surface area contributed by atoms with E-state index in [1.165, 1.54) is 0 Å². The normalized spacial score (nSPS) is 11.6. The van der Waals surface area contributed by atoms with Crippen LogP contribution in [0.15, 0.2) is 30.6 Å². The van der Waals surface area contributed by atoms with Gasteiger partial charge in [0.25, 0.3) is 0 Å². The molecule has 94 valence electrons. The van der Waals surface area contributed by atoms with Gasteiger partial charge in [-0.2, -0.15) is 13.2 Å². The highest BCUT2D eigenvalue weighted by atomic mass is 35.5. The smallest absolute Gasteiger partial charge is 0.256 e. The van der Waals surface area contributed by atoms with Gasteiger partial charge in [0.1, 0.15) is 11.0 Å². The minimum absolute atomic E-state index is 0.0803. The highest BCUT2D eigenvalue weighted by molar-refractivity contribution is 6.29. The lowest BCUT2D eigenvalue weighted by Gasteiger charge is -2.08. The Morgan fingerprint density at radius 3 is 2.44 bits per heavy atom. The first-order chi connectivity index (χ1) is 8.38. The first-order valence-electron chi connectivity index (χ1n) is 4.72. The zero-order chi connectivity index (χ0) is 13.3. The molecule has 2 aromatic rings. The molecular formula is C11H5ClF4N2.